The van der Waals surface area contributed by atoms with E-state index >= 15 is 0 Å². The first-order chi connectivity index (χ1) is 7.70. The van der Waals surface area contributed by atoms with Gasteiger partial charge in [-0.2, -0.15) is 0 Å². The fourth-order valence-corrected chi connectivity index (χ4v) is 1.86. The summed E-state index contributed by atoms with van der Waals surface area (Å²) in [6, 6.07) is 11.6. The highest BCUT2D eigenvalue weighted by Gasteiger charge is 2.05. The lowest BCUT2D eigenvalue weighted by Gasteiger charge is -2.04. The van der Waals surface area contributed by atoms with Crippen LogP contribution in [0, 0.1) is 5.82 Å². The van der Waals surface area contributed by atoms with E-state index in [4.69, 9.17) is 0 Å². The smallest absolute Gasteiger partial charge is 0.150 e. The SMILES string of the molecule is O=Cc1cccc(-c2cc(Br)ccc2F)c1. The molecule has 0 saturated heterocycles. The number of hydrogen-bond acceptors (Lipinski definition) is 1. The van der Waals surface area contributed by atoms with Crippen LogP contribution in [0.2, 0.25) is 0 Å². The predicted octanol–water partition coefficient (Wildman–Crippen LogP) is 4.07. The molecule has 0 aromatic heterocycles. The number of hydrogen-bond donors (Lipinski definition) is 0. The van der Waals surface area contributed by atoms with Crippen LogP contribution in [0.1, 0.15) is 10.4 Å². The van der Waals surface area contributed by atoms with Crippen molar-refractivity contribution in [2.45, 2.75) is 0 Å². The van der Waals surface area contributed by atoms with Crippen LogP contribution in [-0.4, -0.2) is 6.29 Å². The van der Waals surface area contributed by atoms with E-state index in [1.807, 2.05) is 0 Å². The second-order valence-electron chi connectivity index (χ2n) is 3.37. The lowest BCUT2D eigenvalue weighted by Crippen LogP contribution is -1.86. The molecular weight excluding hydrogens is 271 g/mol. The summed E-state index contributed by atoms with van der Waals surface area (Å²) in [6.45, 7) is 0. The van der Waals surface area contributed by atoms with Gasteiger partial charge in [-0.3, -0.25) is 4.79 Å². The van der Waals surface area contributed by atoms with Crippen molar-refractivity contribution < 1.29 is 9.18 Å². The summed E-state index contributed by atoms with van der Waals surface area (Å²) in [5.41, 5.74) is 1.72. The molecule has 16 heavy (non-hydrogen) atoms. The van der Waals surface area contributed by atoms with Gasteiger partial charge in [-0.05, 0) is 29.8 Å². The highest BCUT2D eigenvalue weighted by atomic mass is 79.9. The molecule has 0 amide bonds. The summed E-state index contributed by atoms with van der Waals surface area (Å²) in [5, 5.41) is 0. The maximum Gasteiger partial charge on any atom is 0.150 e. The molecule has 0 aliphatic heterocycles. The van der Waals surface area contributed by atoms with E-state index < -0.39 is 0 Å². The molecule has 0 N–H and O–H groups in total. The molecule has 3 heteroatoms. The lowest BCUT2D eigenvalue weighted by molar-refractivity contribution is 0.112. The average Bonchev–Trinajstić information content (AvgIpc) is 2.32. The minimum absolute atomic E-state index is 0.300. The Balaban J connectivity index is 2.57. The summed E-state index contributed by atoms with van der Waals surface area (Å²) in [6.07, 6.45) is 0.749. The molecule has 2 aromatic rings. The van der Waals surface area contributed by atoms with Crippen LogP contribution in [0.5, 0.6) is 0 Å². The van der Waals surface area contributed by atoms with Gasteiger partial charge in [0.1, 0.15) is 12.1 Å². The number of benzene rings is 2. The zero-order valence-corrected chi connectivity index (χ0v) is 9.87. The van der Waals surface area contributed by atoms with Gasteiger partial charge in [0.15, 0.2) is 0 Å². The first-order valence-corrected chi connectivity index (χ1v) is 5.50. The first kappa shape index (κ1) is 11.0. The van der Waals surface area contributed by atoms with E-state index in [-0.39, 0.29) is 5.82 Å². The Hall–Kier alpha value is -1.48. The molecule has 0 heterocycles. The van der Waals surface area contributed by atoms with Gasteiger partial charge in [-0.25, -0.2) is 4.39 Å². The molecule has 0 aliphatic rings. The van der Waals surface area contributed by atoms with Gasteiger partial charge in [0.05, 0.1) is 0 Å². The molecule has 0 unspecified atom stereocenters. The second kappa shape index (κ2) is 4.58. The molecule has 2 aromatic carbocycles. The van der Waals surface area contributed by atoms with Crippen LogP contribution < -0.4 is 0 Å². The molecule has 0 fully saturated rings. The van der Waals surface area contributed by atoms with Crippen molar-refractivity contribution in [3.8, 4) is 11.1 Å². The lowest BCUT2D eigenvalue weighted by atomic mass is 10.0. The number of carbonyl (C=O) groups is 1. The molecule has 2 rings (SSSR count). The van der Waals surface area contributed by atoms with E-state index in [1.54, 1.807) is 36.4 Å². The van der Waals surface area contributed by atoms with Gasteiger partial charge in [0.25, 0.3) is 0 Å². The van der Waals surface area contributed by atoms with Crippen molar-refractivity contribution in [1.29, 1.82) is 0 Å². The Labute approximate surface area is 101 Å². The third kappa shape index (κ3) is 2.19. The fourth-order valence-electron chi connectivity index (χ4n) is 1.50. The number of aldehydes is 1. The largest absolute Gasteiger partial charge is 0.298 e. The number of rotatable bonds is 2. The van der Waals surface area contributed by atoms with Crippen LogP contribution in [0.4, 0.5) is 4.39 Å². The number of carbonyl (C=O) groups excluding carboxylic acids is 1. The standard InChI is InChI=1S/C13H8BrFO/c14-11-4-5-13(15)12(7-11)10-3-1-2-9(6-10)8-16/h1-8H. The highest BCUT2D eigenvalue weighted by molar-refractivity contribution is 9.10. The van der Waals surface area contributed by atoms with Crippen LogP contribution in [0.15, 0.2) is 46.9 Å². The van der Waals surface area contributed by atoms with Crippen LogP contribution in [0.3, 0.4) is 0 Å². The molecule has 80 valence electrons. The van der Waals surface area contributed by atoms with Gasteiger partial charge in [0, 0.05) is 15.6 Å². The van der Waals surface area contributed by atoms with E-state index in [2.05, 4.69) is 15.9 Å². The molecule has 0 bridgehead atoms. The van der Waals surface area contributed by atoms with E-state index in [0.717, 1.165) is 10.8 Å². The van der Waals surface area contributed by atoms with E-state index in [0.29, 0.717) is 16.7 Å². The van der Waals surface area contributed by atoms with Crippen LogP contribution in [-0.2, 0) is 0 Å². The van der Waals surface area contributed by atoms with Crippen LogP contribution in [0.25, 0.3) is 11.1 Å². The van der Waals surface area contributed by atoms with Gasteiger partial charge >= 0.3 is 0 Å². The first-order valence-electron chi connectivity index (χ1n) is 4.71. The van der Waals surface area contributed by atoms with E-state index in [1.165, 1.54) is 6.07 Å². The normalized spacial score (nSPS) is 10.1. The highest BCUT2D eigenvalue weighted by Crippen LogP contribution is 2.26. The molecule has 0 saturated carbocycles. The van der Waals surface area contributed by atoms with Crippen molar-refractivity contribution in [3.63, 3.8) is 0 Å². The average molecular weight is 279 g/mol. The predicted molar refractivity (Wildman–Crippen MR) is 64.9 cm³/mol. The summed E-state index contributed by atoms with van der Waals surface area (Å²) in [7, 11) is 0. The Morgan fingerprint density at radius 3 is 2.69 bits per heavy atom. The van der Waals surface area contributed by atoms with Gasteiger partial charge in [-0.15, -0.1) is 0 Å². The maximum atomic E-state index is 13.6. The van der Waals surface area contributed by atoms with Crippen molar-refractivity contribution >= 4 is 22.2 Å². The number of halogens is 2. The maximum absolute atomic E-state index is 13.6. The topological polar surface area (TPSA) is 17.1 Å². The molecular formula is C13H8BrFO. The quantitative estimate of drug-likeness (QED) is 0.757. The molecule has 1 nitrogen and oxygen atoms in total. The Morgan fingerprint density at radius 2 is 1.94 bits per heavy atom. The zero-order chi connectivity index (χ0) is 11.5. The van der Waals surface area contributed by atoms with Crippen molar-refractivity contribution in [2.75, 3.05) is 0 Å². The summed E-state index contributed by atoms with van der Waals surface area (Å²) in [5.74, 6) is -0.300. The summed E-state index contributed by atoms with van der Waals surface area (Å²) in [4.78, 5) is 10.6. The summed E-state index contributed by atoms with van der Waals surface area (Å²) >= 11 is 3.29. The van der Waals surface area contributed by atoms with Gasteiger partial charge in [-0.1, -0.05) is 34.1 Å². The Morgan fingerprint density at radius 1 is 1.12 bits per heavy atom. The molecule has 0 spiro atoms. The third-order valence-corrected chi connectivity index (χ3v) is 2.76. The fraction of sp³-hybridized carbons (Fsp3) is 0. The van der Waals surface area contributed by atoms with Crippen LogP contribution >= 0.6 is 15.9 Å². The van der Waals surface area contributed by atoms with Crippen molar-refractivity contribution in [1.82, 2.24) is 0 Å². The van der Waals surface area contributed by atoms with Gasteiger partial charge in [0.2, 0.25) is 0 Å². The second-order valence-corrected chi connectivity index (χ2v) is 4.28. The minimum Gasteiger partial charge on any atom is -0.298 e. The minimum atomic E-state index is -0.300. The van der Waals surface area contributed by atoms with Gasteiger partial charge < -0.3 is 0 Å². The molecule has 0 aliphatic carbocycles. The third-order valence-electron chi connectivity index (χ3n) is 2.26. The van der Waals surface area contributed by atoms with E-state index in [9.17, 15) is 9.18 Å². The molecule has 0 atom stereocenters. The zero-order valence-electron chi connectivity index (χ0n) is 8.28. The monoisotopic (exact) mass is 278 g/mol. The molecule has 0 radical (unpaired) electrons. The van der Waals surface area contributed by atoms with Crippen molar-refractivity contribution in [2.24, 2.45) is 0 Å². The van der Waals surface area contributed by atoms with Crippen molar-refractivity contribution in [3.05, 3.63) is 58.3 Å². The summed E-state index contributed by atoms with van der Waals surface area (Å²) < 4.78 is 14.4. The Bertz CT molecular complexity index is 537. The Kier molecular flexibility index (Phi) is 3.15.